The van der Waals surface area contributed by atoms with Crippen LogP contribution >= 0.6 is 12.6 Å². The first-order chi connectivity index (χ1) is 14.1. The fraction of sp³-hybridized carbons (Fsp3) is 0.588. The van der Waals surface area contributed by atoms with Crippen LogP contribution < -0.4 is 21.7 Å². The number of aromatic amines is 1. The molecule has 0 saturated carbocycles. The highest BCUT2D eigenvalue weighted by atomic mass is 32.1. The van der Waals surface area contributed by atoms with E-state index in [1.54, 1.807) is 13.8 Å². The summed E-state index contributed by atoms with van der Waals surface area (Å²) < 4.78 is 0. The van der Waals surface area contributed by atoms with E-state index in [4.69, 9.17) is 5.73 Å². The third-order valence-electron chi connectivity index (χ3n) is 4.25. The number of aromatic nitrogens is 2. The summed E-state index contributed by atoms with van der Waals surface area (Å²) in [5.74, 6) is -3.78. The van der Waals surface area contributed by atoms with Crippen LogP contribution in [0.1, 0.15) is 19.5 Å². The molecule has 12 nitrogen and oxygen atoms in total. The number of nitrogens with one attached hydrogen (secondary N) is 4. The molecular formula is C17H28N6O6S. The second kappa shape index (κ2) is 12.1. The lowest BCUT2D eigenvalue weighted by Crippen LogP contribution is -2.59. The van der Waals surface area contributed by atoms with E-state index in [1.807, 2.05) is 0 Å². The number of aliphatic hydroxyl groups excluding tert-OH is 1. The number of H-pyrrole nitrogens is 1. The Morgan fingerprint density at radius 1 is 1.10 bits per heavy atom. The first kappa shape index (κ1) is 25.4. The molecule has 0 aliphatic heterocycles. The number of imidazole rings is 1. The van der Waals surface area contributed by atoms with Crippen LogP contribution in [0.15, 0.2) is 12.5 Å². The Morgan fingerprint density at radius 3 is 2.13 bits per heavy atom. The van der Waals surface area contributed by atoms with Crippen molar-refractivity contribution < 1.29 is 29.4 Å². The summed E-state index contributed by atoms with van der Waals surface area (Å²) >= 11 is 4.02. The summed E-state index contributed by atoms with van der Waals surface area (Å²) in [5.41, 5.74) is 6.22. The summed E-state index contributed by atoms with van der Waals surface area (Å²) in [6, 6.07) is -4.68. The van der Waals surface area contributed by atoms with Gasteiger partial charge in [-0.05, 0) is 5.92 Å². The highest BCUT2D eigenvalue weighted by Crippen LogP contribution is 2.02. The van der Waals surface area contributed by atoms with E-state index in [0.717, 1.165) is 0 Å². The first-order valence-electron chi connectivity index (χ1n) is 9.19. The van der Waals surface area contributed by atoms with Crippen molar-refractivity contribution in [3.63, 3.8) is 0 Å². The molecule has 0 bridgehead atoms. The molecule has 0 aliphatic carbocycles. The summed E-state index contributed by atoms with van der Waals surface area (Å²) in [4.78, 5) is 54.8. The van der Waals surface area contributed by atoms with Crippen molar-refractivity contribution in [2.24, 2.45) is 11.7 Å². The Balaban J connectivity index is 2.74. The number of carboxylic acids is 1. The van der Waals surface area contributed by atoms with Gasteiger partial charge < -0.3 is 36.9 Å². The summed E-state index contributed by atoms with van der Waals surface area (Å²) in [6.07, 6.45) is 2.70. The van der Waals surface area contributed by atoms with Crippen molar-refractivity contribution in [2.45, 2.75) is 44.4 Å². The lowest BCUT2D eigenvalue weighted by Gasteiger charge is -2.24. The molecule has 168 valence electrons. The van der Waals surface area contributed by atoms with E-state index >= 15 is 0 Å². The molecule has 4 unspecified atom stereocenters. The standard InChI is InChI=1S/C17H28N6O6S/c1-8(2)13(18)16(27)23-12(6-30)15(26)22-11(5-24)14(25)21-10(17(28)29)3-9-4-19-7-20-9/h4,7-8,10-13,24,30H,3,5-6,18H2,1-2H3,(H,19,20)(H,21,25)(H,22,26)(H,23,27)(H,28,29). The highest BCUT2D eigenvalue weighted by molar-refractivity contribution is 7.80. The topological polar surface area (TPSA) is 200 Å². The van der Waals surface area contributed by atoms with Gasteiger partial charge in [0.05, 0.1) is 19.0 Å². The highest BCUT2D eigenvalue weighted by Gasteiger charge is 2.30. The van der Waals surface area contributed by atoms with Crippen LogP contribution in [0.2, 0.25) is 0 Å². The quantitative estimate of drug-likeness (QED) is 0.160. The third-order valence-corrected chi connectivity index (χ3v) is 4.61. The molecule has 3 amide bonds. The van der Waals surface area contributed by atoms with Gasteiger partial charge in [0.2, 0.25) is 17.7 Å². The van der Waals surface area contributed by atoms with Gasteiger partial charge in [0, 0.05) is 24.1 Å². The molecule has 1 aromatic rings. The van der Waals surface area contributed by atoms with E-state index in [0.29, 0.717) is 5.69 Å². The normalized spacial score (nSPS) is 15.0. The number of carbonyl (C=O) groups is 4. The van der Waals surface area contributed by atoms with E-state index in [1.165, 1.54) is 12.5 Å². The van der Waals surface area contributed by atoms with Gasteiger partial charge in [0.25, 0.3) is 0 Å². The number of rotatable bonds is 12. The van der Waals surface area contributed by atoms with E-state index in [9.17, 15) is 29.4 Å². The molecule has 0 saturated heterocycles. The van der Waals surface area contributed by atoms with Crippen LogP contribution in [0.5, 0.6) is 0 Å². The van der Waals surface area contributed by atoms with E-state index < -0.39 is 54.5 Å². The number of nitrogens with two attached hydrogens (primary N) is 1. The SMILES string of the molecule is CC(C)C(N)C(=O)NC(CS)C(=O)NC(CO)C(=O)NC(Cc1cnc[nH]1)C(=O)O. The summed E-state index contributed by atoms with van der Waals surface area (Å²) in [5, 5.41) is 25.8. The molecule has 8 N–H and O–H groups in total. The molecule has 1 heterocycles. The second-order valence-electron chi connectivity index (χ2n) is 6.94. The van der Waals surface area contributed by atoms with Crippen LogP contribution in [0.4, 0.5) is 0 Å². The zero-order valence-corrected chi connectivity index (χ0v) is 17.6. The zero-order chi connectivity index (χ0) is 22.8. The predicted octanol–water partition coefficient (Wildman–Crippen LogP) is -2.60. The van der Waals surface area contributed by atoms with Gasteiger partial charge in [-0.3, -0.25) is 14.4 Å². The van der Waals surface area contributed by atoms with Crippen LogP contribution in [-0.2, 0) is 25.6 Å². The molecule has 30 heavy (non-hydrogen) atoms. The average molecular weight is 445 g/mol. The first-order valence-corrected chi connectivity index (χ1v) is 9.82. The number of aliphatic carboxylic acids is 1. The fourth-order valence-corrected chi connectivity index (χ4v) is 2.58. The fourth-order valence-electron chi connectivity index (χ4n) is 2.32. The van der Waals surface area contributed by atoms with Gasteiger partial charge in [-0.15, -0.1) is 0 Å². The molecule has 1 aromatic heterocycles. The molecule has 0 spiro atoms. The number of amides is 3. The summed E-state index contributed by atoms with van der Waals surface area (Å²) in [7, 11) is 0. The van der Waals surface area contributed by atoms with Crippen molar-refractivity contribution >= 4 is 36.3 Å². The number of hydrogen-bond acceptors (Lipinski definition) is 8. The van der Waals surface area contributed by atoms with E-state index in [2.05, 4.69) is 38.5 Å². The maximum atomic E-state index is 12.4. The maximum absolute atomic E-state index is 12.4. The van der Waals surface area contributed by atoms with E-state index in [-0.39, 0.29) is 18.1 Å². The smallest absolute Gasteiger partial charge is 0.326 e. The Morgan fingerprint density at radius 2 is 1.67 bits per heavy atom. The van der Waals surface area contributed by atoms with Crippen LogP contribution in [0.3, 0.4) is 0 Å². The minimum absolute atomic E-state index is 0.0738. The molecule has 4 atom stereocenters. The van der Waals surface area contributed by atoms with Crippen LogP contribution in [-0.4, -0.2) is 80.4 Å². The number of carbonyl (C=O) groups excluding carboxylic acids is 3. The maximum Gasteiger partial charge on any atom is 0.326 e. The number of carboxylic acid groups (broad SMARTS) is 1. The lowest BCUT2D eigenvalue weighted by molar-refractivity contribution is -0.142. The minimum Gasteiger partial charge on any atom is -0.480 e. The number of nitrogens with zero attached hydrogens (tertiary/aromatic N) is 1. The van der Waals surface area contributed by atoms with Gasteiger partial charge in [-0.2, -0.15) is 12.6 Å². The predicted molar refractivity (Wildman–Crippen MR) is 109 cm³/mol. The Kier molecular flexibility index (Phi) is 10.3. The van der Waals surface area contributed by atoms with Crippen molar-refractivity contribution in [1.29, 1.82) is 0 Å². The van der Waals surface area contributed by atoms with Gasteiger partial charge >= 0.3 is 5.97 Å². The van der Waals surface area contributed by atoms with Gasteiger partial charge in [0.15, 0.2) is 0 Å². The Labute approximate surface area is 178 Å². The van der Waals surface area contributed by atoms with Crippen LogP contribution in [0, 0.1) is 5.92 Å². The van der Waals surface area contributed by atoms with Gasteiger partial charge in [-0.1, -0.05) is 13.8 Å². The molecule has 0 fully saturated rings. The average Bonchev–Trinajstić information content (AvgIpc) is 3.21. The van der Waals surface area contributed by atoms with Crippen molar-refractivity contribution in [1.82, 2.24) is 25.9 Å². The zero-order valence-electron chi connectivity index (χ0n) is 16.7. The van der Waals surface area contributed by atoms with Gasteiger partial charge in [-0.25, -0.2) is 9.78 Å². The molecule has 13 heteroatoms. The molecule has 1 rings (SSSR count). The van der Waals surface area contributed by atoms with Crippen molar-refractivity contribution in [3.05, 3.63) is 18.2 Å². The monoisotopic (exact) mass is 444 g/mol. The van der Waals surface area contributed by atoms with Crippen molar-refractivity contribution in [3.8, 4) is 0 Å². The van der Waals surface area contributed by atoms with Crippen molar-refractivity contribution in [2.75, 3.05) is 12.4 Å². The molecule has 0 aliphatic rings. The molecule has 0 aromatic carbocycles. The number of thiol groups is 1. The minimum atomic E-state index is -1.43. The van der Waals surface area contributed by atoms with Crippen LogP contribution in [0.25, 0.3) is 0 Å². The largest absolute Gasteiger partial charge is 0.480 e. The second-order valence-corrected chi connectivity index (χ2v) is 7.30. The molecule has 0 radical (unpaired) electrons. The van der Waals surface area contributed by atoms with Gasteiger partial charge in [0.1, 0.15) is 18.1 Å². The lowest BCUT2D eigenvalue weighted by atomic mass is 10.0. The summed E-state index contributed by atoms with van der Waals surface area (Å²) in [6.45, 7) is 2.70. The molecular weight excluding hydrogens is 416 g/mol. The third kappa shape index (κ3) is 7.65. The number of hydrogen-bond donors (Lipinski definition) is 8. The number of aliphatic hydroxyl groups is 1. The Bertz CT molecular complexity index is 728. The Hall–Kier alpha value is -2.64.